The second kappa shape index (κ2) is 4.75. The SMILES string of the molecule is CC(N)C(O)(c1c(F)ccc(Br)c1F)C(F)(F)F. The molecular weight excluding hydrogens is 325 g/mol. The number of rotatable bonds is 2. The molecule has 102 valence electrons. The highest BCUT2D eigenvalue weighted by atomic mass is 79.9. The Morgan fingerprint density at radius 1 is 1.28 bits per heavy atom. The minimum absolute atomic E-state index is 0.401. The van der Waals surface area contributed by atoms with Crippen LogP contribution in [0.25, 0.3) is 0 Å². The Labute approximate surface area is 108 Å². The Kier molecular flexibility index (Phi) is 4.04. The molecule has 0 radical (unpaired) electrons. The lowest BCUT2D eigenvalue weighted by Gasteiger charge is -2.34. The van der Waals surface area contributed by atoms with Gasteiger partial charge in [-0.3, -0.25) is 0 Å². The van der Waals surface area contributed by atoms with Gasteiger partial charge in [0, 0.05) is 6.04 Å². The zero-order valence-electron chi connectivity index (χ0n) is 9.02. The van der Waals surface area contributed by atoms with Gasteiger partial charge in [-0.2, -0.15) is 13.2 Å². The largest absolute Gasteiger partial charge is 0.423 e. The Balaban J connectivity index is 3.65. The zero-order chi connectivity index (χ0) is 14.3. The number of hydrogen-bond donors (Lipinski definition) is 2. The van der Waals surface area contributed by atoms with Crippen LogP contribution in [0.1, 0.15) is 12.5 Å². The van der Waals surface area contributed by atoms with Gasteiger partial charge in [0.1, 0.15) is 11.6 Å². The lowest BCUT2D eigenvalue weighted by molar-refractivity contribution is -0.274. The van der Waals surface area contributed by atoms with Gasteiger partial charge >= 0.3 is 6.18 Å². The summed E-state index contributed by atoms with van der Waals surface area (Å²) in [5, 5.41) is 9.63. The molecule has 0 saturated carbocycles. The predicted molar refractivity (Wildman–Crippen MR) is 57.7 cm³/mol. The molecule has 0 heterocycles. The number of alkyl halides is 3. The monoisotopic (exact) mass is 333 g/mol. The van der Waals surface area contributed by atoms with Crippen molar-refractivity contribution in [2.24, 2.45) is 5.73 Å². The van der Waals surface area contributed by atoms with E-state index in [-0.39, 0.29) is 0 Å². The van der Waals surface area contributed by atoms with Crippen molar-refractivity contribution in [3.8, 4) is 0 Å². The molecule has 1 aromatic carbocycles. The van der Waals surface area contributed by atoms with E-state index in [1.807, 2.05) is 0 Å². The lowest BCUT2D eigenvalue weighted by Crippen LogP contribution is -2.55. The predicted octanol–water partition coefficient (Wildman–Crippen LogP) is 2.82. The minimum Gasteiger partial charge on any atom is -0.375 e. The third-order valence-corrected chi connectivity index (χ3v) is 3.13. The van der Waals surface area contributed by atoms with Crippen LogP contribution < -0.4 is 5.73 Å². The van der Waals surface area contributed by atoms with Gasteiger partial charge in [0.25, 0.3) is 0 Å². The summed E-state index contributed by atoms with van der Waals surface area (Å²) in [7, 11) is 0. The van der Waals surface area contributed by atoms with Crippen molar-refractivity contribution in [2.75, 3.05) is 0 Å². The Bertz CT molecular complexity index is 462. The fourth-order valence-corrected chi connectivity index (χ4v) is 1.83. The maximum Gasteiger partial charge on any atom is 0.423 e. The summed E-state index contributed by atoms with van der Waals surface area (Å²) in [5.74, 6) is -3.06. The van der Waals surface area contributed by atoms with Gasteiger partial charge < -0.3 is 10.8 Å². The highest BCUT2D eigenvalue weighted by Gasteiger charge is 2.60. The molecule has 1 aromatic rings. The van der Waals surface area contributed by atoms with Gasteiger partial charge in [-0.05, 0) is 35.0 Å². The van der Waals surface area contributed by atoms with E-state index in [0.29, 0.717) is 6.07 Å². The van der Waals surface area contributed by atoms with Gasteiger partial charge in [0.15, 0.2) is 0 Å². The minimum atomic E-state index is -5.32. The van der Waals surface area contributed by atoms with Crippen LogP contribution in [-0.4, -0.2) is 17.3 Å². The first-order valence-corrected chi connectivity index (χ1v) is 5.51. The molecule has 2 nitrogen and oxygen atoms in total. The topological polar surface area (TPSA) is 46.2 Å². The second-order valence-electron chi connectivity index (χ2n) is 3.77. The first-order chi connectivity index (χ1) is 8.03. The summed E-state index contributed by atoms with van der Waals surface area (Å²) < 4.78 is 65.2. The fourth-order valence-electron chi connectivity index (χ4n) is 1.50. The molecule has 0 spiro atoms. The Morgan fingerprint density at radius 2 is 1.78 bits per heavy atom. The molecule has 1 rings (SSSR count). The van der Waals surface area contributed by atoms with E-state index in [0.717, 1.165) is 13.0 Å². The van der Waals surface area contributed by atoms with Crippen molar-refractivity contribution in [2.45, 2.75) is 24.7 Å². The Morgan fingerprint density at radius 3 is 2.17 bits per heavy atom. The number of hydrogen-bond acceptors (Lipinski definition) is 2. The van der Waals surface area contributed by atoms with Crippen molar-refractivity contribution in [3.05, 3.63) is 33.8 Å². The Hall–Kier alpha value is -0.730. The highest BCUT2D eigenvalue weighted by Crippen LogP contribution is 2.44. The lowest BCUT2D eigenvalue weighted by atomic mass is 9.86. The molecule has 0 aliphatic heterocycles. The molecule has 0 bridgehead atoms. The van der Waals surface area contributed by atoms with E-state index in [2.05, 4.69) is 15.9 Å². The maximum atomic E-state index is 13.6. The maximum absolute atomic E-state index is 13.6. The van der Waals surface area contributed by atoms with Crippen LogP contribution in [0, 0.1) is 11.6 Å². The fraction of sp³-hybridized carbons (Fsp3) is 0.400. The smallest absolute Gasteiger partial charge is 0.375 e. The number of aliphatic hydroxyl groups is 1. The summed E-state index contributed by atoms with van der Waals surface area (Å²) in [6, 6.07) is -0.441. The van der Waals surface area contributed by atoms with Gasteiger partial charge in [-0.15, -0.1) is 0 Å². The molecule has 2 unspecified atom stereocenters. The summed E-state index contributed by atoms with van der Waals surface area (Å²) in [6.45, 7) is 0.813. The van der Waals surface area contributed by atoms with Crippen LogP contribution in [-0.2, 0) is 5.60 Å². The van der Waals surface area contributed by atoms with E-state index < -0.39 is 39.5 Å². The molecule has 0 aromatic heterocycles. The van der Waals surface area contributed by atoms with Crippen LogP contribution in [0.2, 0.25) is 0 Å². The van der Waals surface area contributed by atoms with Crippen molar-refractivity contribution >= 4 is 15.9 Å². The van der Waals surface area contributed by atoms with E-state index in [4.69, 9.17) is 5.73 Å². The third-order valence-electron chi connectivity index (χ3n) is 2.52. The first kappa shape index (κ1) is 15.3. The van der Waals surface area contributed by atoms with Gasteiger partial charge in [0.05, 0.1) is 10.0 Å². The summed E-state index contributed by atoms with van der Waals surface area (Å²) in [5.41, 5.74) is -0.257. The van der Waals surface area contributed by atoms with Crippen molar-refractivity contribution in [1.29, 1.82) is 0 Å². The molecule has 2 atom stereocenters. The molecule has 0 saturated heterocycles. The van der Waals surface area contributed by atoms with Gasteiger partial charge in [0.2, 0.25) is 5.60 Å². The van der Waals surface area contributed by atoms with Crippen LogP contribution >= 0.6 is 15.9 Å². The summed E-state index contributed by atoms with van der Waals surface area (Å²) in [4.78, 5) is 0. The first-order valence-electron chi connectivity index (χ1n) is 4.72. The molecule has 0 fully saturated rings. The molecule has 18 heavy (non-hydrogen) atoms. The molecular formula is C10H9BrF5NO. The normalized spacial score (nSPS) is 17.4. The molecule has 0 aliphatic carbocycles. The number of benzene rings is 1. The van der Waals surface area contributed by atoms with Crippen LogP contribution in [0.4, 0.5) is 22.0 Å². The van der Waals surface area contributed by atoms with Crippen LogP contribution in [0.3, 0.4) is 0 Å². The third kappa shape index (κ3) is 2.24. The quantitative estimate of drug-likeness (QED) is 0.645. The molecule has 0 aliphatic rings. The average Bonchev–Trinajstić information content (AvgIpc) is 2.22. The van der Waals surface area contributed by atoms with Crippen molar-refractivity contribution < 1.29 is 27.1 Å². The molecule has 3 N–H and O–H groups in total. The second-order valence-corrected chi connectivity index (χ2v) is 4.63. The van der Waals surface area contributed by atoms with Gasteiger partial charge in [-0.25, -0.2) is 8.78 Å². The van der Waals surface area contributed by atoms with Crippen LogP contribution in [0.5, 0.6) is 0 Å². The van der Waals surface area contributed by atoms with Crippen molar-refractivity contribution in [3.63, 3.8) is 0 Å². The van der Waals surface area contributed by atoms with E-state index in [9.17, 15) is 27.1 Å². The van der Waals surface area contributed by atoms with Gasteiger partial charge in [-0.1, -0.05) is 0 Å². The highest BCUT2D eigenvalue weighted by molar-refractivity contribution is 9.10. The van der Waals surface area contributed by atoms with Crippen molar-refractivity contribution in [1.82, 2.24) is 0 Å². The summed E-state index contributed by atoms with van der Waals surface area (Å²) in [6.07, 6.45) is -5.32. The zero-order valence-corrected chi connectivity index (χ0v) is 10.6. The van der Waals surface area contributed by atoms with Crippen LogP contribution in [0.15, 0.2) is 16.6 Å². The van der Waals surface area contributed by atoms with E-state index >= 15 is 0 Å². The molecule has 8 heteroatoms. The standard InChI is InChI=1S/C10H9BrF5NO/c1-4(17)9(18,10(14,15)16)7-6(12)3-2-5(11)8(7)13/h2-4,18H,17H2,1H3. The van der Waals surface area contributed by atoms with E-state index in [1.54, 1.807) is 0 Å². The average molecular weight is 334 g/mol. The molecule has 0 amide bonds. The summed E-state index contributed by atoms with van der Waals surface area (Å²) >= 11 is 2.63. The number of nitrogens with two attached hydrogens (primary N) is 1. The van der Waals surface area contributed by atoms with E-state index in [1.165, 1.54) is 0 Å². The number of halogens is 6.